The summed E-state index contributed by atoms with van der Waals surface area (Å²) in [4.78, 5) is 7.76. The Labute approximate surface area is 214 Å². The number of hydrogen-bond donors (Lipinski definition) is 0. The summed E-state index contributed by atoms with van der Waals surface area (Å²) in [5, 5.41) is 0. The van der Waals surface area contributed by atoms with Crippen molar-refractivity contribution in [2.75, 3.05) is 0 Å². The van der Waals surface area contributed by atoms with Gasteiger partial charge in [-0.25, -0.2) is 0 Å². The molecule has 180 valence electrons. The highest BCUT2D eigenvalue weighted by atomic mass is 15.1. The van der Waals surface area contributed by atoms with Gasteiger partial charge in [0.05, 0.1) is 0 Å². The van der Waals surface area contributed by atoms with Gasteiger partial charge in [0.15, 0.2) is 0 Å². The van der Waals surface area contributed by atoms with E-state index < -0.39 is 0 Å². The van der Waals surface area contributed by atoms with E-state index in [0.29, 0.717) is 0 Å². The lowest BCUT2D eigenvalue weighted by atomic mass is 10.0. The summed E-state index contributed by atoms with van der Waals surface area (Å²) in [6.45, 7) is 9.35. The van der Waals surface area contributed by atoms with Crippen molar-refractivity contribution in [1.29, 1.82) is 0 Å². The fourth-order valence-corrected chi connectivity index (χ4v) is 6.43. The molecule has 0 fully saturated rings. The van der Waals surface area contributed by atoms with Crippen molar-refractivity contribution >= 4 is 0 Å². The van der Waals surface area contributed by atoms with Gasteiger partial charge in [0.25, 0.3) is 0 Å². The van der Waals surface area contributed by atoms with Crippen LogP contribution in [-0.4, -0.2) is 14.7 Å². The van der Waals surface area contributed by atoms with Gasteiger partial charge in [-0.05, 0) is 50.1 Å². The second kappa shape index (κ2) is 9.33. The minimum absolute atomic E-state index is 1.01. The third-order valence-electron chi connectivity index (χ3n) is 8.05. The van der Waals surface area contributed by atoms with E-state index in [1.807, 2.05) is 0 Å². The van der Waals surface area contributed by atoms with E-state index in [0.717, 1.165) is 58.9 Å². The molecule has 0 atom stereocenters. The molecule has 0 amide bonds. The van der Waals surface area contributed by atoms with E-state index >= 15 is 0 Å². The second-order valence-electron chi connectivity index (χ2n) is 10.9. The van der Waals surface area contributed by atoms with Crippen molar-refractivity contribution in [2.24, 2.45) is 0 Å². The van der Waals surface area contributed by atoms with Gasteiger partial charge in [-0.3, -0.25) is 14.7 Å². The molecule has 3 nitrogen and oxygen atoms in total. The highest BCUT2D eigenvalue weighted by Crippen LogP contribution is 2.29. The van der Waals surface area contributed by atoms with Crippen molar-refractivity contribution < 1.29 is 0 Å². The first-order chi connectivity index (χ1) is 17.7. The van der Waals surface area contributed by atoms with Crippen LogP contribution in [0.3, 0.4) is 0 Å². The third kappa shape index (κ3) is 4.51. The summed E-state index contributed by atoms with van der Waals surface area (Å²) < 4.78 is 0. The van der Waals surface area contributed by atoms with Crippen molar-refractivity contribution in [2.45, 2.75) is 58.9 Å². The molecule has 3 heterocycles. The zero-order chi connectivity index (χ0) is 23.9. The molecule has 0 aromatic heterocycles. The van der Waals surface area contributed by atoms with Crippen LogP contribution in [-0.2, 0) is 58.9 Å². The molecular formula is C33H33N3. The maximum absolute atomic E-state index is 2.59. The molecule has 0 unspecified atom stereocenters. The Bertz CT molecular complexity index is 1150. The molecule has 0 N–H and O–H groups in total. The summed E-state index contributed by atoms with van der Waals surface area (Å²) in [6.07, 6.45) is 0. The standard InChI is InChI=1S/C33H33N3/c1-2-8-29-20-34(19-28(29)7-1)16-25-13-26(17-35-21-30-9-3-4-10-31(30)22-35)15-27(14-25)18-36-23-32-11-5-6-12-33(32)24-36/h1-15H,16-24H2. The lowest BCUT2D eigenvalue weighted by Gasteiger charge is -2.21. The third-order valence-corrected chi connectivity index (χ3v) is 8.05. The van der Waals surface area contributed by atoms with Gasteiger partial charge >= 0.3 is 0 Å². The maximum atomic E-state index is 2.59. The predicted octanol–water partition coefficient (Wildman–Crippen LogP) is 6.23. The van der Waals surface area contributed by atoms with E-state index in [2.05, 4.69) is 106 Å². The molecule has 0 spiro atoms. The monoisotopic (exact) mass is 471 g/mol. The molecule has 0 bridgehead atoms. The van der Waals surface area contributed by atoms with E-state index in [1.165, 1.54) is 50.1 Å². The quantitative estimate of drug-likeness (QED) is 0.330. The van der Waals surface area contributed by atoms with Crippen LogP contribution < -0.4 is 0 Å². The molecule has 0 saturated heterocycles. The van der Waals surface area contributed by atoms with Crippen molar-refractivity contribution in [1.82, 2.24) is 14.7 Å². The van der Waals surface area contributed by atoms with Crippen LogP contribution in [0.5, 0.6) is 0 Å². The smallest absolute Gasteiger partial charge is 0.0244 e. The number of fused-ring (bicyclic) bond motifs is 3. The van der Waals surface area contributed by atoms with E-state index in [-0.39, 0.29) is 0 Å². The molecule has 36 heavy (non-hydrogen) atoms. The van der Waals surface area contributed by atoms with Crippen LogP contribution in [0, 0.1) is 0 Å². The minimum Gasteiger partial charge on any atom is -0.291 e. The molecule has 3 heteroatoms. The lowest BCUT2D eigenvalue weighted by Crippen LogP contribution is -2.20. The Morgan fingerprint density at radius 2 is 0.583 bits per heavy atom. The molecule has 7 rings (SSSR count). The van der Waals surface area contributed by atoms with Gasteiger partial charge in [0.2, 0.25) is 0 Å². The number of benzene rings is 4. The van der Waals surface area contributed by atoms with Crippen LogP contribution in [0.4, 0.5) is 0 Å². The molecule has 0 saturated carbocycles. The van der Waals surface area contributed by atoms with Crippen LogP contribution in [0.1, 0.15) is 50.1 Å². The van der Waals surface area contributed by atoms with Crippen LogP contribution in [0.15, 0.2) is 91.0 Å². The van der Waals surface area contributed by atoms with Crippen molar-refractivity contribution in [3.8, 4) is 0 Å². The summed E-state index contributed by atoms with van der Waals surface area (Å²) >= 11 is 0. The largest absolute Gasteiger partial charge is 0.291 e. The van der Waals surface area contributed by atoms with E-state index in [9.17, 15) is 0 Å². The lowest BCUT2D eigenvalue weighted by molar-refractivity contribution is 0.266. The van der Waals surface area contributed by atoms with Gasteiger partial charge < -0.3 is 0 Å². The molecule has 0 radical (unpaired) electrons. The topological polar surface area (TPSA) is 9.72 Å². The Morgan fingerprint density at radius 1 is 0.361 bits per heavy atom. The molecule has 3 aliphatic heterocycles. The average molecular weight is 472 g/mol. The first-order valence-electron chi connectivity index (χ1n) is 13.2. The SMILES string of the molecule is c1ccc2c(c1)CN(Cc1cc(CN3Cc4ccccc4C3)cc(CN3Cc4ccccc4C3)c1)C2. The van der Waals surface area contributed by atoms with Crippen molar-refractivity contribution in [3.63, 3.8) is 0 Å². The first kappa shape index (κ1) is 22.0. The van der Waals surface area contributed by atoms with Gasteiger partial charge in [-0.1, -0.05) is 91.0 Å². The van der Waals surface area contributed by atoms with E-state index in [4.69, 9.17) is 0 Å². The molecular weight excluding hydrogens is 438 g/mol. The first-order valence-corrected chi connectivity index (χ1v) is 13.2. The molecule has 4 aromatic rings. The highest BCUT2D eigenvalue weighted by molar-refractivity contribution is 5.36. The summed E-state index contributed by atoms with van der Waals surface area (Å²) in [7, 11) is 0. The van der Waals surface area contributed by atoms with Gasteiger partial charge in [0, 0.05) is 58.9 Å². The molecule has 0 aliphatic carbocycles. The zero-order valence-corrected chi connectivity index (χ0v) is 20.9. The fourth-order valence-electron chi connectivity index (χ4n) is 6.43. The minimum atomic E-state index is 1.01. The van der Waals surface area contributed by atoms with Gasteiger partial charge in [0.1, 0.15) is 0 Å². The summed E-state index contributed by atoms with van der Waals surface area (Å²) in [6, 6.07) is 34.1. The predicted molar refractivity (Wildman–Crippen MR) is 145 cm³/mol. The second-order valence-corrected chi connectivity index (χ2v) is 10.9. The van der Waals surface area contributed by atoms with Crippen molar-refractivity contribution in [3.05, 3.63) is 141 Å². The number of rotatable bonds is 6. The van der Waals surface area contributed by atoms with Gasteiger partial charge in [-0.2, -0.15) is 0 Å². The number of hydrogen-bond acceptors (Lipinski definition) is 3. The Balaban J connectivity index is 1.11. The number of nitrogens with zero attached hydrogens (tertiary/aromatic N) is 3. The molecule has 4 aromatic carbocycles. The van der Waals surface area contributed by atoms with Crippen LogP contribution in [0.25, 0.3) is 0 Å². The normalized spacial score (nSPS) is 17.3. The molecule has 3 aliphatic rings. The summed E-state index contributed by atoms with van der Waals surface area (Å²) in [5.74, 6) is 0. The Morgan fingerprint density at radius 3 is 0.806 bits per heavy atom. The Kier molecular flexibility index (Phi) is 5.70. The fraction of sp³-hybridized carbons (Fsp3) is 0.273. The zero-order valence-electron chi connectivity index (χ0n) is 20.9. The maximum Gasteiger partial charge on any atom is 0.0244 e. The Hall–Kier alpha value is -3.24. The van der Waals surface area contributed by atoms with E-state index in [1.54, 1.807) is 0 Å². The highest BCUT2D eigenvalue weighted by Gasteiger charge is 2.22. The van der Waals surface area contributed by atoms with Crippen LogP contribution >= 0.6 is 0 Å². The summed E-state index contributed by atoms with van der Waals surface area (Å²) in [5.41, 5.74) is 13.3. The average Bonchev–Trinajstić information content (AvgIpc) is 3.58. The van der Waals surface area contributed by atoms with Crippen LogP contribution in [0.2, 0.25) is 0 Å². The van der Waals surface area contributed by atoms with Gasteiger partial charge in [-0.15, -0.1) is 0 Å².